The third-order valence-electron chi connectivity index (χ3n) is 6.30. The SMILES string of the molecule is Cc1ccc(CCNC(=O)[C@H]2CCCN(c3ncnc4onc(-c5ccc(F)cc5)c34)C2)cc1. The van der Waals surface area contributed by atoms with Crippen molar-refractivity contribution >= 4 is 22.8 Å². The monoisotopic (exact) mass is 459 g/mol. The molecular weight excluding hydrogens is 433 g/mol. The molecule has 0 bridgehead atoms. The highest BCUT2D eigenvalue weighted by Gasteiger charge is 2.29. The summed E-state index contributed by atoms with van der Waals surface area (Å²) >= 11 is 0. The molecule has 1 amide bonds. The van der Waals surface area contributed by atoms with Crippen LogP contribution < -0.4 is 10.2 Å². The zero-order chi connectivity index (χ0) is 23.5. The molecule has 1 aliphatic heterocycles. The van der Waals surface area contributed by atoms with Crippen molar-refractivity contribution in [3.8, 4) is 11.3 Å². The van der Waals surface area contributed by atoms with Gasteiger partial charge in [-0.1, -0.05) is 35.0 Å². The van der Waals surface area contributed by atoms with E-state index in [1.807, 2.05) is 0 Å². The second-order valence-electron chi connectivity index (χ2n) is 8.73. The van der Waals surface area contributed by atoms with Crippen LogP contribution >= 0.6 is 0 Å². The molecule has 1 N–H and O–H groups in total. The maximum Gasteiger partial charge on any atom is 0.263 e. The molecule has 2 aromatic carbocycles. The van der Waals surface area contributed by atoms with Crippen molar-refractivity contribution in [3.63, 3.8) is 0 Å². The van der Waals surface area contributed by atoms with Crippen LogP contribution in [-0.4, -0.2) is 40.7 Å². The van der Waals surface area contributed by atoms with Gasteiger partial charge in [0.05, 0.1) is 5.92 Å². The molecule has 7 nitrogen and oxygen atoms in total. The molecule has 0 aliphatic carbocycles. The lowest BCUT2D eigenvalue weighted by molar-refractivity contribution is -0.125. The van der Waals surface area contributed by atoms with Crippen molar-refractivity contribution in [2.75, 3.05) is 24.5 Å². The van der Waals surface area contributed by atoms with Gasteiger partial charge in [0.1, 0.15) is 29.0 Å². The van der Waals surface area contributed by atoms with Gasteiger partial charge in [0.25, 0.3) is 5.71 Å². The number of hydrogen-bond donors (Lipinski definition) is 1. The highest BCUT2D eigenvalue weighted by Crippen LogP contribution is 2.34. The van der Waals surface area contributed by atoms with Crippen LogP contribution in [0.15, 0.2) is 59.4 Å². The van der Waals surface area contributed by atoms with E-state index in [0.717, 1.165) is 31.4 Å². The number of nitrogens with one attached hydrogen (secondary N) is 1. The Morgan fingerprint density at radius 1 is 1.15 bits per heavy atom. The fourth-order valence-electron chi connectivity index (χ4n) is 4.43. The van der Waals surface area contributed by atoms with Crippen LogP contribution in [0.4, 0.5) is 10.2 Å². The van der Waals surface area contributed by atoms with Gasteiger partial charge in [0, 0.05) is 25.2 Å². The van der Waals surface area contributed by atoms with E-state index in [4.69, 9.17) is 4.52 Å². The van der Waals surface area contributed by atoms with Crippen molar-refractivity contribution < 1.29 is 13.7 Å². The van der Waals surface area contributed by atoms with Crippen molar-refractivity contribution in [2.24, 2.45) is 5.92 Å². The van der Waals surface area contributed by atoms with E-state index in [9.17, 15) is 9.18 Å². The number of nitrogens with zero attached hydrogens (tertiary/aromatic N) is 4. The van der Waals surface area contributed by atoms with Gasteiger partial charge >= 0.3 is 0 Å². The third-order valence-corrected chi connectivity index (χ3v) is 6.30. The summed E-state index contributed by atoms with van der Waals surface area (Å²) in [6, 6.07) is 14.5. The van der Waals surface area contributed by atoms with Gasteiger partial charge in [-0.05, 0) is 56.0 Å². The highest BCUT2D eigenvalue weighted by atomic mass is 19.1. The van der Waals surface area contributed by atoms with Crippen molar-refractivity contribution in [3.05, 3.63) is 71.8 Å². The van der Waals surface area contributed by atoms with Crippen LogP contribution in [0.2, 0.25) is 0 Å². The van der Waals surface area contributed by atoms with E-state index in [-0.39, 0.29) is 17.6 Å². The summed E-state index contributed by atoms with van der Waals surface area (Å²) in [5.41, 5.74) is 4.09. The average Bonchev–Trinajstić information content (AvgIpc) is 3.30. The number of fused-ring (bicyclic) bond motifs is 1. The minimum atomic E-state index is -0.319. The first-order valence-electron chi connectivity index (χ1n) is 11.5. The number of piperidine rings is 1. The molecular formula is C26H26FN5O2. The van der Waals surface area contributed by atoms with Crippen LogP contribution in [0.25, 0.3) is 22.4 Å². The second-order valence-corrected chi connectivity index (χ2v) is 8.73. The Hall–Kier alpha value is -3.81. The van der Waals surface area contributed by atoms with Crippen molar-refractivity contribution in [1.29, 1.82) is 0 Å². The summed E-state index contributed by atoms with van der Waals surface area (Å²) in [6.07, 6.45) is 3.95. The van der Waals surface area contributed by atoms with Gasteiger partial charge in [-0.3, -0.25) is 4.79 Å². The highest BCUT2D eigenvalue weighted by molar-refractivity contribution is 5.98. The molecule has 3 heterocycles. The molecule has 4 aromatic rings. The Morgan fingerprint density at radius 2 is 1.94 bits per heavy atom. The fraction of sp³-hybridized carbons (Fsp3) is 0.308. The largest absolute Gasteiger partial charge is 0.355 e. The van der Waals surface area contributed by atoms with Crippen LogP contribution in [0.5, 0.6) is 0 Å². The molecule has 2 aromatic heterocycles. The van der Waals surface area contributed by atoms with Gasteiger partial charge in [-0.25, -0.2) is 9.37 Å². The zero-order valence-electron chi connectivity index (χ0n) is 19.0. The van der Waals surface area contributed by atoms with Gasteiger partial charge in [-0.2, -0.15) is 4.98 Å². The van der Waals surface area contributed by atoms with Gasteiger partial charge in [0.15, 0.2) is 0 Å². The van der Waals surface area contributed by atoms with Gasteiger partial charge < -0.3 is 14.7 Å². The Bertz CT molecular complexity index is 1290. The lowest BCUT2D eigenvalue weighted by Crippen LogP contribution is -2.43. The summed E-state index contributed by atoms with van der Waals surface area (Å²) in [4.78, 5) is 23.7. The quantitative estimate of drug-likeness (QED) is 0.463. The summed E-state index contributed by atoms with van der Waals surface area (Å²) in [7, 11) is 0. The number of carbonyl (C=O) groups is 1. The first-order valence-corrected chi connectivity index (χ1v) is 11.5. The molecule has 5 rings (SSSR count). The Labute approximate surface area is 197 Å². The maximum absolute atomic E-state index is 13.4. The maximum atomic E-state index is 13.4. The lowest BCUT2D eigenvalue weighted by atomic mass is 9.96. The first-order chi connectivity index (χ1) is 16.6. The minimum absolute atomic E-state index is 0.0613. The first kappa shape index (κ1) is 22.0. The smallest absolute Gasteiger partial charge is 0.263 e. The Kier molecular flexibility index (Phi) is 6.20. The number of amides is 1. The standard InChI is InChI=1S/C26H26FN5O2/c1-17-4-6-18(7-5-17)12-13-28-25(33)20-3-2-14-32(15-20)24-22-23(19-8-10-21(27)11-9-19)31-34-26(22)30-16-29-24/h4-11,16,20H,2-3,12-15H2,1H3,(H,28,33)/t20-/m0/s1. The topological polar surface area (TPSA) is 84.2 Å². The number of benzene rings is 2. The third kappa shape index (κ3) is 4.62. The molecule has 1 aliphatic rings. The number of carbonyl (C=O) groups excluding carboxylic acids is 1. The number of anilines is 1. The predicted octanol–water partition coefficient (Wildman–Crippen LogP) is 4.31. The van der Waals surface area contributed by atoms with E-state index < -0.39 is 0 Å². The molecule has 0 spiro atoms. The normalized spacial score (nSPS) is 16.1. The van der Waals surface area contributed by atoms with E-state index in [1.165, 1.54) is 29.6 Å². The molecule has 34 heavy (non-hydrogen) atoms. The minimum Gasteiger partial charge on any atom is -0.355 e. The van der Waals surface area contributed by atoms with Crippen molar-refractivity contribution in [1.82, 2.24) is 20.4 Å². The lowest BCUT2D eigenvalue weighted by Gasteiger charge is -2.33. The summed E-state index contributed by atoms with van der Waals surface area (Å²) in [6.45, 7) is 3.99. The molecule has 0 unspecified atom stereocenters. The molecule has 1 fully saturated rings. The molecule has 0 radical (unpaired) electrons. The predicted molar refractivity (Wildman–Crippen MR) is 128 cm³/mol. The van der Waals surface area contributed by atoms with E-state index >= 15 is 0 Å². The zero-order valence-corrected chi connectivity index (χ0v) is 19.0. The van der Waals surface area contributed by atoms with Crippen LogP contribution in [0, 0.1) is 18.7 Å². The Morgan fingerprint density at radius 3 is 2.74 bits per heavy atom. The van der Waals surface area contributed by atoms with Gasteiger partial charge in [-0.15, -0.1) is 0 Å². The van der Waals surface area contributed by atoms with E-state index in [0.29, 0.717) is 35.7 Å². The van der Waals surface area contributed by atoms with E-state index in [1.54, 1.807) is 12.1 Å². The Balaban J connectivity index is 1.31. The summed E-state index contributed by atoms with van der Waals surface area (Å²) in [5.74, 6) is 0.292. The van der Waals surface area contributed by atoms with Crippen molar-refractivity contribution in [2.45, 2.75) is 26.2 Å². The molecule has 174 valence electrons. The van der Waals surface area contributed by atoms with Crippen LogP contribution in [0.1, 0.15) is 24.0 Å². The summed E-state index contributed by atoms with van der Waals surface area (Å²) < 4.78 is 18.9. The molecule has 1 atom stereocenters. The molecule has 8 heteroatoms. The number of aryl methyl sites for hydroxylation is 1. The number of halogens is 1. The average molecular weight is 460 g/mol. The van der Waals surface area contributed by atoms with Crippen LogP contribution in [-0.2, 0) is 11.2 Å². The number of rotatable bonds is 6. The fourth-order valence-corrected chi connectivity index (χ4v) is 4.43. The molecule has 0 saturated carbocycles. The molecule has 1 saturated heterocycles. The number of aromatic nitrogens is 3. The summed E-state index contributed by atoms with van der Waals surface area (Å²) in [5, 5.41) is 7.95. The van der Waals surface area contributed by atoms with Gasteiger partial charge in [0.2, 0.25) is 5.91 Å². The van der Waals surface area contributed by atoms with E-state index in [2.05, 4.69) is 56.5 Å². The second kappa shape index (κ2) is 9.59. The number of hydrogen-bond acceptors (Lipinski definition) is 6. The van der Waals surface area contributed by atoms with Crippen LogP contribution in [0.3, 0.4) is 0 Å².